The van der Waals surface area contributed by atoms with Crippen LogP contribution < -0.4 is 10.2 Å². The quantitative estimate of drug-likeness (QED) is 0.821. The van der Waals surface area contributed by atoms with Gasteiger partial charge < -0.3 is 19.9 Å². The molecular formula is C16H21ClN4O2. The van der Waals surface area contributed by atoms with Crippen molar-refractivity contribution in [3.8, 4) is 0 Å². The van der Waals surface area contributed by atoms with Gasteiger partial charge in [0.15, 0.2) is 0 Å². The van der Waals surface area contributed by atoms with Crippen molar-refractivity contribution in [1.82, 2.24) is 15.3 Å². The van der Waals surface area contributed by atoms with E-state index in [1.54, 1.807) is 7.11 Å². The minimum absolute atomic E-state index is 0.0163. The normalized spacial score (nSPS) is 18.3. The molecule has 1 aliphatic rings. The van der Waals surface area contributed by atoms with E-state index in [2.05, 4.69) is 20.2 Å². The number of imidazole rings is 1. The number of hydrogen-bond acceptors (Lipinski definition) is 4. The lowest BCUT2D eigenvalue weighted by atomic mass is 9.97. The van der Waals surface area contributed by atoms with E-state index in [9.17, 15) is 4.79 Å². The Labute approximate surface area is 140 Å². The lowest BCUT2D eigenvalue weighted by Gasteiger charge is -2.31. The summed E-state index contributed by atoms with van der Waals surface area (Å²) in [6.45, 7) is 2.66. The number of carbonyl (C=O) groups is 1. The van der Waals surface area contributed by atoms with Gasteiger partial charge >= 0.3 is 0 Å². The third-order valence-corrected chi connectivity index (χ3v) is 4.36. The van der Waals surface area contributed by atoms with Gasteiger partial charge in [0.1, 0.15) is 0 Å². The number of piperidine rings is 1. The smallest absolute Gasteiger partial charge is 0.224 e. The van der Waals surface area contributed by atoms with Gasteiger partial charge in [-0.2, -0.15) is 0 Å². The standard InChI is InChI=1S/C16H21ClN4O2/c1-23-8-6-18-15(22)11-3-2-7-21(10-11)16-19-13-5-4-12(17)9-14(13)20-16/h4-5,9,11H,2-3,6-8,10H2,1H3,(H,18,22)(H,19,20)/t11-/m1/s1. The van der Waals surface area contributed by atoms with Crippen molar-refractivity contribution in [3.63, 3.8) is 0 Å². The number of fused-ring (bicyclic) bond motifs is 1. The SMILES string of the molecule is COCCNC(=O)[C@@H]1CCCN(c2nc3ccc(Cl)cc3[nH]2)C1. The van der Waals surface area contributed by atoms with E-state index >= 15 is 0 Å². The number of hydrogen-bond donors (Lipinski definition) is 2. The molecule has 1 amide bonds. The minimum atomic E-state index is -0.0163. The van der Waals surface area contributed by atoms with E-state index < -0.39 is 0 Å². The van der Waals surface area contributed by atoms with E-state index in [0.29, 0.717) is 24.7 Å². The van der Waals surface area contributed by atoms with Crippen LogP contribution in [0.25, 0.3) is 11.0 Å². The zero-order chi connectivity index (χ0) is 16.2. The molecular weight excluding hydrogens is 316 g/mol. The van der Waals surface area contributed by atoms with Crippen molar-refractivity contribution in [1.29, 1.82) is 0 Å². The summed E-state index contributed by atoms with van der Waals surface area (Å²) in [4.78, 5) is 22.3. The van der Waals surface area contributed by atoms with Crippen LogP contribution in [-0.2, 0) is 9.53 Å². The van der Waals surface area contributed by atoms with Crippen molar-refractivity contribution in [2.24, 2.45) is 5.92 Å². The Morgan fingerprint density at radius 3 is 3.26 bits per heavy atom. The van der Waals surface area contributed by atoms with E-state index in [-0.39, 0.29) is 11.8 Å². The number of H-pyrrole nitrogens is 1. The fraction of sp³-hybridized carbons (Fsp3) is 0.500. The first-order chi connectivity index (χ1) is 11.2. The van der Waals surface area contributed by atoms with Gasteiger partial charge in [-0.15, -0.1) is 0 Å². The van der Waals surface area contributed by atoms with Crippen LogP contribution in [0.3, 0.4) is 0 Å². The Bertz CT molecular complexity index is 688. The highest BCUT2D eigenvalue weighted by atomic mass is 35.5. The van der Waals surface area contributed by atoms with Crippen LogP contribution in [0.15, 0.2) is 18.2 Å². The molecule has 0 spiro atoms. The van der Waals surface area contributed by atoms with Crippen LogP contribution in [0.5, 0.6) is 0 Å². The molecule has 0 radical (unpaired) electrons. The predicted molar refractivity (Wildman–Crippen MR) is 90.9 cm³/mol. The second-order valence-corrected chi connectivity index (χ2v) is 6.23. The molecule has 1 atom stereocenters. The van der Waals surface area contributed by atoms with Crippen molar-refractivity contribution in [2.45, 2.75) is 12.8 Å². The average molecular weight is 337 g/mol. The van der Waals surface area contributed by atoms with Gasteiger partial charge in [-0.25, -0.2) is 4.98 Å². The average Bonchev–Trinajstić information content (AvgIpc) is 2.98. The van der Waals surface area contributed by atoms with Crippen LogP contribution in [0, 0.1) is 5.92 Å². The monoisotopic (exact) mass is 336 g/mol. The Balaban J connectivity index is 1.68. The van der Waals surface area contributed by atoms with Crippen molar-refractivity contribution < 1.29 is 9.53 Å². The molecule has 0 aliphatic carbocycles. The summed E-state index contributed by atoms with van der Waals surface area (Å²) in [5.41, 5.74) is 1.80. The lowest BCUT2D eigenvalue weighted by Crippen LogP contribution is -2.44. The summed E-state index contributed by atoms with van der Waals surface area (Å²) in [6, 6.07) is 5.60. The summed E-state index contributed by atoms with van der Waals surface area (Å²) in [6.07, 6.45) is 1.88. The third kappa shape index (κ3) is 3.76. The number of rotatable bonds is 5. The molecule has 3 rings (SSSR count). The van der Waals surface area contributed by atoms with Gasteiger partial charge in [0, 0.05) is 31.8 Å². The molecule has 1 aromatic heterocycles. The number of aromatic nitrogens is 2. The summed E-state index contributed by atoms with van der Waals surface area (Å²) in [7, 11) is 1.63. The van der Waals surface area contributed by atoms with Crippen LogP contribution in [0.1, 0.15) is 12.8 Å². The topological polar surface area (TPSA) is 70.2 Å². The van der Waals surface area contributed by atoms with Crippen LogP contribution in [0.2, 0.25) is 5.02 Å². The molecule has 23 heavy (non-hydrogen) atoms. The Hall–Kier alpha value is -1.79. The van der Waals surface area contributed by atoms with E-state index in [4.69, 9.17) is 16.3 Å². The number of anilines is 1. The van der Waals surface area contributed by atoms with Gasteiger partial charge in [-0.05, 0) is 31.0 Å². The highest BCUT2D eigenvalue weighted by molar-refractivity contribution is 6.31. The molecule has 0 bridgehead atoms. The largest absolute Gasteiger partial charge is 0.383 e. The number of halogens is 1. The Kier molecular flexibility index (Phi) is 5.03. The van der Waals surface area contributed by atoms with Crippen LogP contribution >= 0.6 is 11.6 Å². The highest BCUT2D eigenvalue weighted by Gasteiger charge is 2.27. The maximum atomic E-state index is 12.2. The van der Waals surface area contributed by atoms with Crippen molar-refractivity contribution >= 4 is 34.5 Å². The van der Waals surface area contributed by atoms with Crippen molar-refractivity contribution in [3.05, 3.63) is 23.2 Å². The van der Waals surface area contributed by atoms with E-state index in [1.165, 1.54) is 0 Å². The second kappa shape index (κ2) is 7.19. The van der Waals surface area contributed by atoms with Gasteiger partial charge in [-0.1, -0.05) is 11.6 Å². The van der Waals surface area contributed by atoms with Crippen molar-refractivity contribution in [2.75, 3.05) is 38.3 Å². The highest BCUT2D eigenvalue weighted by Crippen LogP contribution is 2.25. The third-order valence-electron chi connectivity index (χ3n) is 4.13. The molecule has 1 aromatic carbocycles. The molecule has 124 valence electrons. The zero-order valence-corrected chi connectivity index (χ0v) is 13.9. The van der Waals surface area contributed by atoms with Gasteiger partial charge in [0.2, 0.25) is 11.9 Å². The molecule has 7 heteroatoms. The number of methoxy groups -OCH3 is 1. The number of amides is 1. The van der Waals surface area contributed by atoms with Gasteiger partial charge in [0.25, 0.3) is 0 Å². The molecule has 0 unspecified atom stereocenters. The molecule has 0 saturated carbocycles. The maximum Gasteiger partial charge on any atom is 0.224 e. The summed E-state index contributed by atoms with van der Waals surface area (Å²) in [5, 5.41) is 3.60. The summed E-state index contributed by atoms with van der Waals surface area (Å²) < 4.78 is 4.96. The predicted octanol–water partition coefficient (Wildman–Crippen LogP) is 2.20. The molecule has 2 aromatic rings. The van der Waals surface area contributed by atoms with E-state index in [1.807, 2.05) is 18.2 Å². The summed E-state index contributed by atoms with van der Waals surface area (Å²) >= 11 is 6.01. The first-order valence-electron chi connectivity index (χ1n) is 7.84. The first kappa shape index (κ1) is 16.1. The number of ether oxygens (including phenoxy) is 1. The molecule has 6 nitrogen and oxygen atoms in total. The lowest BCUT2D eigenvalue weighted by molar-refractivity contribution is -0.125. The number of aromatic amines is 1. The maximum absolute atomic E-state index is 12.2. The van der Waals surface area contributed by atoms with Gasteiger partial charge in [0.05, 0.1) is 23.6 Å². The summed E-state index contributed by atoms with van der Waals surface area (Å²) in [5.74, 6) is 0.875. The Morgan fingerprint density at radius 2 is 2.43 bits per heavy atom. The van der Waals surface area contributed by atoms with Gasteiger partial charge in [-0.3, -0.25) is 4.79 Å². The fourth-order valence-corrected chi connectivity index (χ4v) is 3.09. The number of benzene rings is 1. The number of carbonyl (C=O) groups excluding carboxylic acids is 1. The molecule has 2 N–H and O–H groups in total. The first-order valence-corrected chi connectivity index (χ1v) is 8.22. The minimum Gasteiger partial charge on any atom is -0.383 e. The molecule has 1 fully saturated rings. The van der Waals surface area contributed by atoms with Crippen LogP contribution in [-0.4, -0.2) is 49.2 Å². The molecule has 1 aliphatic heterocycles. The Morgan fingerprint density at radius 1 is 1.57 bits per heavy atom. The number of nitrogens with zero attached hydrogens (tertiary/aromatic N) is 2. The van der Waals surface area contributed by atoms with Crippen LogP contribution in [0.4, 0.5) is 5.95 Å². The molecule has 1 saturated heterocycles. The van der Waals surface area contributed by atoms with E-state index in [0.717, 1.165) is 36.4 Å². The fourth-order valence-electron chi connectivity index (χ4n) is 2.92. The molecule has 2 heterocycles. The zero-order valence-electron chi connectivity index (χ0n) is 13.1. The second-order valence-electron chi connectivity index (χ2n) is 5.79. The number of nitrogens with one attached hydrogen (secondary N) is 2.